The van der Waals surface area contributed by atoms with Gasteiger partial charge < -0.3 is 0 Å². The summed E-state index contributed by atoms with van der Waals surface area (Å²) in [5, 5.41) is 9.58. The van der Waals surface area contributed by atoms with Crippen LogP contribution in [-0.2, 0) is 0 Å². The quantitative estimate of drug-likeness (QED) is 0.788. The number of hydrogen-bond donors (Lipinski definition) is 1. The second-order valence-electron chi connectivity index (χ2n) is 5.57. The Labute approximate surface area is 129 Å². The average Bonchev–Trinajstić information content (AvgIpc) is 3.12. The summed E-state index contributed by atoms with van der Waals surface area (Å²) in [7, 11) is 0. The molecule has 108 valence electrons. The first kappa shape index (κ1) is 14.0. The zero-order chi connectivity index (χ0) is 13.9. The Hall–Kier alpha value is -0.940. The van der Waals surface area contributed by atoms with Gasteiger partial charge in [0, 0.05) is 6.04 Å². The van der Waals surface area contributed by atoms with E-state index in [9.17, 15) is 0 Å². The van der Waals surface area contributed by atoms with E-state index >= 15 is 0 Å². The van der Waals surface area contributed by atoms with Crippen LogP contribution in [0.15, 0.2) is 17.5 Å². The Balaban J connectivity index is 1.99. The second kappa shape index (κ2) is 6.22. The molecule has 1 saturated carbocycles. The fourth-order valence-corrected chi connectivity index (χ4v) is 4.42. The molecule has 2 aromatic rings. The highest BCUT2D eigenvalue weighted by Crippen LogP contribution is 2.37. The van der Waals surface area contributed by atoms with Crippen molar-refractivity contribution >= 4 is 23.6 Å². The summed E-state index contributed by atoms with van der Waals surface area (Å²) in [5.41, 5.74) is 0. The van der Waals surface area contributed by atoms with Crippen molar-refractivity contribution in [3.63, 3.8) is 0 Å². The van der Waals surface area contributed by atoms with Crippen LogP contribution in [0.1, 0.15) is 51.5 Å². The maximum Gasteiger partial charge on any atom is 0.195 e. The minimum Gasteiger partial charge on any atom is -0.296 e. The van der Waals surface area contributed by atoms with E-state index in [1.165, 1.54) is 37.0 Å². The Morgan fingerprint density at radius 3 is 2.90 bits per heavy atom. The van der Waals surface area contributed by atoms with Gasteiger partial charge in [-0.15, -0.1) is 11.3 Å². The molecule has 2 aromatic heterocycles. The Bertz CT molecular complexity index is 591. The van der Waals surface area contributed by atoms with E-state index in [0.29, 0.717) is 6.04 Å². The third kappa shape index (κ3) is 2.61. The fourth-order valence-electron chi connectivity index (χ4n) is 3.44. The first-order valence-electron chi connectivity index (χ1n) is 7.52. The van der Waals surface area contributed by atoms with E-state index < -0.39 is 0 Å². The van der Waals surface area contributed by atoms with Crippen molar-refractivity contribution in [2.24, 2.45) is 5.92 Å². The van der Waals surface area contributed by atoms with E-state index in [1.807, 2.05) is 0 Å². The summed E-state index contributed by atoms with van der Waals surface area (Å²) in [6.07, 6.45) is 7.89. The van der Waals surface area contributed by atoms with E-state index in [4.69, 9.17) is 12.2 Å². The molecule has 3 rings (SSSR count). The zero-order valence-corrected chi connectivity index (χ0v) is 13.5. The molecule has 0 aliphatic heterocycles. The summed E-state index contributed by atoms with van der Waals surface area (Å²) >= 11 is 7.24. The maximum atomic E-state index is 5.51. The number of rotatable bonds is 4. The molecule has 0 bridgehead atoms. The first-order valence-corrected chi connectivity index (χ1v) is 8.81. The highest BCUT2D eigenvalue weighted by atomic mass is 32.1. The van der Waals surface area contributed by atoms with Crippen molar-refractivity contribution < 1.29 is 0 Å². The summed E-state index contributed by atoms with van der Waals surface area (Å²) in [6, 6.07) is 4.68. The number of nitrogens with one attached hydrogen (secondary N) is 1. The van der Waals surface area contributed by atoms with Crippen molar-refractivity contribution in [2.45, 2.75) is 51.5 Å². The number of aromatic amines is 1. The molecule has 0 aromatic carbocycles. The minimum absolute atomic E-state index is 0.485. The lowest BCUT2D eigenvalue weighted by atomic mass is 9.83. The monoisotopic (exact) mass is 307 g/mol. The fraction of sp³-hybridized carbons (Fsp3) is 0.600. The maximum absolute atomic E-state index is 5.51. The Morgan fingerprint density at radius 2 is 2.25 bits per heavy atom. The van der Waals surface area contributed by atoms with Gasteiger partial charge in [-0.1, -0.05) is 32.3 Å². The van der Waals surface area contributed by atoms with Crippen LogP contribution in [0.3, 0.4) is 0 Å². The van der Waals surface area contributed by atoms with Crippen LogP contribution in [0, 0.1) is 10.7 Å². The molecule has 20 heavy (non-hydrogen) atoms. The second-order valence-corrected chi connectivity index (χ2v) is 6.91. The molecular formula is C15H21N3S2. The molecule has 0 saturated heterocycles. The van der Waals surface area contributed by atoms with Gasteiger partial charge in [0.1, 0.15) is 0 Å². The largest absolute Gasteiger partial charge is 0.296 e. The molecule has 1 fully saturated rings. The molecular weight excluding hydrogens is 286 g/mol. The number of H-pyrrole nitrogens is 1. The Morgan fingerprint density at radius 1 is 1.45 bits per heavy atom. The lowest BCUT2D eigenvalue weighted by Gasteiger charge is -2.31. The zero-order valence-electron chi connectivity index (χ0n) is 11.8. The van der Waals surface area contributed by atoms with Crippen LogP contribution in [0.25, 0.3) is 10.7 Å². The predicted molar refractivity (Wildman–Crippen MR) is 86.6 cm³/mol. The number of nitrogens with zero attached hydrogens (tertiary/aromatic N) is 2. The van der Waals surface area contributed by atoms with Crippen LogP contribution in [-0.4, -0.2) is 14.8 Å². The highest BCUT2D eigenvalue weighted by Gasteiger charge is 2.26. The normalized spacial score (nSPS) is 18.2. The number of hydrogen-bond acceptors (Lipinski definition) is 3. The third-order valence-electron chi connectivity index (χ3n) is 4.39. The van der Waals surface area contributed by atoms with Gasteiger partial charge in [0.25, 0.3) is 0 Å². The standard InChI is InChI=1S/C15H21N3S2/c1-2-12(11-7-4-3-5-8-11)18-14(16-17-15(18)19)13-9-6-10-20-13/h6,9-12H,2-5,7-8H2,1H3,(H,17,19). The van der Waals surface area contributed by atoms with Gasteiger partial charge >= 0.3 is 0 Å². The van der Waals surface area contributed by atoms with E-state index in [1.54, 1.807) is 11.3 Å². The molecule has 0 radical (unpaired) electrons. The third-order valence-corrected chi connectivity index (χ3v) is 5.54. The first-order chi connectivity index (χ1) is 9.81. The van der Waals surface area contributed by atoms with Crippen molar-refractivity contribution in [3.05, 3.63) is 22.3 Å². The molecule has 1 atom stereocenters. The molecule has 0 amide bonds. The van der Waals surface area contributed by atoms with Crippen LogP contribution in [0.5, 0.6) is 0 Å². The summed E-state index contributed by atoms with van der Waals surface area (Å²) in [4.78, 5) is 1.20. The molecule has 0 spiro atoms. The van der Waals surface area contributed by atoms with Crippen molar-refractivity contribution in [1.82, 2.24) is 14.8 Å². The summed E-state index contributed by atoms with van der Waals surface area (Å²) in [6.45, 7) is 2.27. The molecule has 5 heteroatoms. The van der Waals surface area contributed by atoms with Crippen molar-refractivity contribution in [2.75, 3.05) is 0 Å². The lowest BCUT2D eigenvalue weighted by molar-refractivity contribution is 0.243. The summed E-state index contributed by atoms with van der Waals surface area (Å²) in [5.74, 6) is 1.76. The van der Waals surface area contributed by atoms with Crippen LogP contribution < -0.4 is 0 Å². The van der Waals surface area contributed by atoms with Crippen molar-refractivity contribution in [3.8, 4) is 10.7 Å². The molecule has 2 heterocycles. The van der Waals surface area contributed by atoms with Crippen molar-refractivity contribution in [1.29, 1.82) is 0 Å². The molecule has 1 unspecified atom stereocenters. The SMILES string of the molecule is CCC(C1CCCCC1)n1c(-c2cccs2)n[nH]c1=S. The summed E-state index contributed by atoms with van der Waals surface area (Å²) < 4.78 is 3.04. The van der Waals surface area contributed by atoms with Gasteiger partial charge in [0.2, 0.25) is 0 Å². The molecule has 3 nitrogen and oxygen atoms in total. The molecule has 1 aliphatic rings. The van der Waals surface area contributed by atoms with Gasteiger partial charge in [0.05, 0.1) is 4.88 Å². The van der Waals surface area contributed by atoms with Crippen LogP contribution >= 0.6 is 23.6 Å². The van der Waals surface area contributed by atoms with Crippen LogP contribution in [0.2, 0.25) is 0 Å². The van der Waals surface area contributed by atoms with E-state index in [0.717, 1.165) is 22.9 Å². The van der Waals surface area contributed by atoms with Crippen LogP contribution in [0.4, 0.5) is 0 Å². The van der Waals surface area contributed by atoms with Gasteiger partial charge in [0.15, 0.2) is 10.6 Å². The topological polar surface area (TPSA) is 33.6 Å². The van der Waals surface area contributed by atoms with E-state index in [-0.39, 0.29) is 0 Å². The number of aromatic nitrogens is 3. The Kier molecular flexibility index (Phi) is 4.36. The van der Waals surface area contributed by atoms with Gasteiger partial charge in [-0.05, 0) is 48.8 Å². The van der Waals surface area contributed by atoms with E-state index in [2.05, 4.69) is 39.2 Å². The molecule has 1 N–H and O–H groups in total. The van der Waals surface area contributed by atoms with Gasteiger partial charge in [-0.2, -0.15) is 5.10 Å². The smallest absolute Gasteiger partial charge is 0.195 e. The molecule has 1 aliphatic carbocycles. The lowest BCUT2D eigenvalue weighted by Crippen LogP contribution is -2.22. The average molecular weight is 307 g/mol. The minimum atomic E-state index is 0.485. The van der Waals surface area contributed by atoms with Gasteiger partial charge in [-0.25, -0.2) is 0 Å². The number of thiophene rings is 1. The predicted octanol–water partition coefficient (Wildman–Crippen LogP) is 5.20. The highest BCUT2D eigenvalue weighted by molar-refractivity contribution is 7.71. The van der Waals surface area contributed by atoms with Gasteiger partial charge in [-0.3, -0.25) is 9.67 Å².